The maximum absolute atomic E-state index is 12.2. The van der Waals surface area contributed by atoms with Gasteiger partial charge in [-0.05, 0) is 23.8 Å². The van der Waals surface area contributed by atoms with Crippen LogP contribution in [0.15, 0.2) is 71.8 Å². The Morgan fingerprint density at radius 3 is 2.55 bits per heavy atom. The lowest BCUT2D eigenvalue weighted by molar-refractivity contribution is 0.102. The van der Waals surface area contributed by atoms with Crippen LogP contribution < -0.4 is 10.9 Å². The SMILES string of the molecule is O=C(Nc1ccccn1)c1c[nH]c(=O)c(-c2ccccc2)c1. The second-order valence-electron chi connectivity index (χ2n) is 4.67. The number of pyridine rings is 2. The summed E-state index contributed by atoms with van der Waals surface area (Å²) in [6, 6.07) is 16.0. The Morgan fingerprint density at radius 1 is 1.05 bits per heavy atom. The van der Waals surface area contributed by atoms with Gasteiger partial charge in [0.15, 0.2) is 0 Å². The molecule has 2 aromatic heterocycles. The number of aromatic nitrogens is 2. The molecule has 0 saturated carbocycles. The molecular formula is C17H13N3O2. The van der Waals surface area contributed by atoms with Crippen molar-refractivity contribution in [3.05, 3.63) is 82.9 Å². The van der Waals surface area contributed by atoms with E-state index in [1.54, 1.807) is 30.5 Å². The molecule has 0 bridgehead atoms. The smallest absolute Gasteiger partial charge is 0.258 e. The molecule has 1 amide bonds. The number of carbonyl (C=O) groups is 1. The zero-order chi connectivity index (χ0) is 15.4. The van der Waals surface area contributed by atoms with Crippen LogP contribution in [0.5, 0.6) is 0 Å². The first-order valence-corrected chi connectivity index (χ1v) is 6.74. The fourth-order valence-corrected chi connectivity index (χ4v) is 2.07. The van der Waals surface area contributed by atoms with Crippen LogP contribution in [-0.4, -0.2) is 15.9 Å². The molecule has 5 heteroatoms. The molecule has 0 saturated heterocycles. The lowest BCUT2D eigenvalue weighted by atomic mass is 10.1. The van der Waals surface area contributed by atoms with E-state index in [1.165, 1.54) is 6.20 Å². The zero-order valence-electron chi connectivity index (χ0n) is 11.6. The van der Waals surface area contributed by atoms with E-state index < -0.39 is 0 Å². The summed E-state index contributed by atoms with van der Waals surface area (Å²) in [5, 5.41) is 2.68. The van der Waals surface area contributed by atoms with Crippen molar-refractivity contribution in [2.75, 3.05) is 5.32 Å². The van der Waals surface area contributed by atoms with Gasteiger partial charge in [0.2, 0.25) is 0 Å². The highest BCUT2D eigenvalue weighted by atomic mass is 16.2. The van der Waals surface area contributed by atoms with Gasteiger partial charge in [-0.3, -0.25) is 9.59 Å². The van der Waals surface area contributed by atoms with E-state index in [1.807, 2.05) is 30.3 Å². The van der Waals surface area contributed by atoms with Crippen LogP contribution in [0.3, 0.4) is 0 Å². The minimum atomic E-state index is -0.327. The van der Waals surface area contributed by atoms with E-state index in [4.69, 9.17) is 0 Å². The Morgan fingerprint density at radius 2 is 1.82 bits per heavy atom. The molecule has 3 aromatic rings. The number of aromatic amines is 1. The third-order valence-corrected chi connectivity index (χ3v) is 3.16. The van der Waals surface area contributed by atoms with Gasteiger partial charge in [-0.25, -0.2) is 4.98 Å². The van der Waals surface area contributed by atoms with Crippen LogP contribution in [0.2, 0.25) is 0 Å². The van der Waals surface area contributed by atoms with Crippen molar-refractivity contribution in [2.45, 2.75) is 0 Å². The van der Waals surface area contributed by atoms with Gasteiger partial charge in [0.25, 0.3) is 11.5 Å². The Balaban J connectivity index is 1.92. The summed E-state index contributed by atoms with van der Waals surface area (Å²) in [6.07, 6.45) is 2.99. The summed E-state index contributed by atoms with van der Waals surface area (Å²) in [5.41, 5.74) is 1.34. The highest BCUT2D eigenvalue weighted by Crippen LogP contribution is 2.16. The summed E-state index contributed by atoms with van der Waals surface area (Å²) >= 11 is 0. The Bertz CT molecular complexity index is 843. The van der Waals surface area contributed by atoms with E-state index >= 15 is 0 Å². The number of anilines is 1. The molecule has 0 atom stereocenters. The first kappa shape index (κ1) is 13.8. The number of nitrogens with one attached hydrogen (secondary N) is 2. The van der Waals surface area contributed by atoms with Gasteiger partial charge in [-0.2, -0.15) is 0 Å². The summed E-state index contributed by atoms with van der Waals surface area (Å²) < 4.78 is 0. The lowest BCUT2D eigenvalue weighted by Crippen LogP contribution is -2.17. The number of nitrogens with zero attached hydrogens (tertiary/aromatic N) is 1. The van der Waals surface area contributed by atoms with Crippen LogP contribution in [-0.2, 0) is 0 Å². The van der Waals surface area contributed by atoms with Crippen LogP contribution in [0.1, 0.15) is 10.4 Å². The van der Waals surface area contributed by atoms with Gasteiger partial charge in [-0.15, -0.1) is 0 Å². The van der Waals surface area contributed by atoms with Crippen molar-refractivity contribution in [3.8, 4) is 11.1 Å². The number of hydrogen-bond donors (Lipinski definition) is 2. The number of carbonyl (C=O) groups excluding carboxylic acids is 1. The van der Waals surface area contributed by atoms with Crippen LogP contribution >= 0.6 is 0 Å². The molecule has 108 valence electrons. The summed E-state index contributed by atoms with van der Waals surface area (Å²) in [5.74, 6) is 0.132. The molecule has 22 heavy (non-hydrogen) atoms. The normalized spacial score (nSPS) is 10.2. The molecule has 0 unspecified atom stereocenters. The van der Waals surface area contributed by atoms with Crippen LogP contribution in [0.25, 0.3) is 11.1 Å². The van der Waals surface area contributed by atoms with Crippen LogP contribution in [0, 0.1) is 0 Å². The van der Waals surface area contributed by atoms with E-state index in [-0.39, 0.29) is 11.5 Å². The molecule has 3 rings (SSSR count). The molecule has 5 nitrogen and oxygen atoms in total. The minimum absolute atomic E-state index is 0.236. The monoisotopic (exact) mass is 291 g/mol. The average molecular weight is 291 g/mol. The maximum Gasteiger partial charge on any atom is 0.258 e. The number of rotatable bonds is 3. The van der Waals surface area contributed by atoms with Gasteiger partial charge < -0.3 is 10.3 Å². The first-order valence-electron chi connectivity index (χ1n) is 6.74. The van der Waals surface area contributed by atoms with E-state index in [2.05, 4.69) is 15.3 Å². The van der Waals surface area contributed by atoms with E-state index in [0.717, 1.165) is 5.56 Å². The number of hydrogen-bond acceptors (Lipinski definition) is 3. The highest BCUT2D eigenvalue weighted by Gasteiger charge is 2.10. The fourth-order valence-electron chi connectivity index (χ4n) is 2.07. The number of benzene rings is 1. The lowest BCUT2D eigenvalue weighted by Gasteiger charge is -2.06. The van der Waals surface area contributed by atoms with Crippen LogP contribution in [0.4, 0.5) is 5.82 Å². The van der Waals surface area contributed by atoms with Crippen molar-refractivity contribution in [1.29, 1.82) is 0 Å². The summed E-state index contributed by atoms with van der Waals surface area (Å²) in [7, 11) is 0. The second-order valence-corrected chi connectivity index (χ2v) is 4.67. The highest BCUT2D eigenvalue weighted by molar-refractivity contribution is 6.04. The first-order chi connectivity index (χ1) is 10.7. The second kappa shape index (κ2) is 6.05. The zero-order valence-corrected chi connectivity index (χ0v) is 11.6. The molecule has 0 radical (unpaired) electrons. The summed E-state index contributed by atoms with van der Waals surface area (Å²) in [6.45, 7) is 0. The molecule has 0 aliphatic rings. The number of amides is 1. The minimum Gasteiger partial charge on any atom is -0.328 e. The molecule has 0 fully saturated rings. The quantitative estimate of drug-likeness (QED) is 0.779. The Labute approximate surface area is 126 Å². The average Bonchev–Trinajstić information content (AvgIpc) is 2.57. The third-order valence-electron chi connectivity index (χ3n) is 3.16. The van der Waals surface area contributed by atoms with Gasteiger partial charge >= 0.3 is 0 Å². The maximum atomic E-state index is 12.2. The largest absolute Gasteiger partial charge is 0.328 e. The number of H-pyrrole nitrogens is 1. The molecule has 0 spiro atoms. The van der Waals surface area contributed by atoms with Gasteiger partial charge in [-0.1, -0.05) is 36.4 Å². The molecule has 2 heterocycles. The van der Waals surface area contributed by atoms with Crippen molar-refractivity contribution in [3.63, 3.8) is 0 Å². The topological polar surface area (TPSA) is 74.8 Å². The Hall–Kier alpha value is -3.21. The molecule has 2 N–H and O–H groups in total. The summed E-state index contributed by atoms with van der Waals surface area (Å²) in [4.78, 5) is 30.8. The van der Waals surface area contributed by atoms with Crippen molar-refractivity contribution in [2.24, 2.45) is 0 Å². The van der Waals surface area contributed by atoms with Gasteiger partial charge in [0, 0.05) is 18.0 Å². The van der Waals surface area contributed by atoms with Crippen molar-refractivity contribution in [1.82, 2.24) is 9.97 Å². The molecule has 0 aliphatic carbocycles. The van der Waals surface area contributed by atoms with Gasteiger partial charge in [0.05, 0.1) is 5.56 Å². The predicted molar refractivity (Wildman–Crippen MR) is 84.7 cm³/mol. The van der Waals surface area contributed by atoms with Crippen molar-refractivity contribution >= 4 is 11.7 Å². The third kappa shape index (κ3) is 2.93. The molecular weight excluding hydrogens is 278 g/mol. The molecule has 1 aromatic carbocycles. The standard InChI is InChI=1S/C17H13N3O2/c21-16(20-15-8-4-5-9-18-15)13-10-14(17(22)19-11-13)12-6-2-1-3-7-12/h1-11H,(H,19,22)(H,18,20,21). The van der Waals surface area contributed by atoms with Crippen molar-refractivity contribution < 1.29 is 4.79 Å². The van der Waals surface area contributed by atoms with E-state index in [0.29, 0.717) is 16.9 Å². The van der Waals surface area contributed by atoms with E-state index in [9.17, 15) is 9.59 Å². The van der Waals surface area contributed by atoms with Gasteiger partial charge in [0.1, 0.15) is 5.82 Å². The molecule has 0 aliphatic heterocycles. The fraction of sp³-hybridized carbons (Fsp3) is 0. The predicted octanol–water partition coefficient (Wildman–Crippen LogP) is 2.69. The Kier molecular flexibility index (Phi) is 3.78.